The van der Waals surface area contributed by atoms with Crippen molar-refractivity contribution in [2.24, 2.45) is 0 Å². The van der Waals surface area contributed by atoms with E-state index in [1.807, 2.05) is 0 Å². The summed E-state index contributed by atoms with van der Waals surface area (Å²) < 4.78 is 4.83. The van der Waals surface area contributed by atoms with Crippen molar-refractivity contribution in [2.75, 3.05) is 6.54 Å². The van der Waals surface area contributed by atoms with Gasteiger partial charge in [-0.05, 0) is 19.8 Å². The van der Waals surface area contributed by atoms with E-state index >= 15 is 0 Å². The maximum Gasteiger partial charge on any atom is 0.290 e. The minimum atomic E-state index is -0.731. The van der Waals surface area contributed by atoms with Gasteiger partial charge < -0.3 is 14.9 Å². The third-order valence-electron chi connectivity index (χ3n) is 2.96. The van der Waals surface area contributed by atoms with Gasteiger partial charge >= 0.3 is 0 Å². The van der Waals surface area contributed by atoms with Gasteiger partial charge in [-0.2, -0.15) is 0 Å². The molecule has 0 atom stereocenters. The summed E-state index contributed by atoms with van der Waals surface area (Å²) in [6, 6.07) is 1.58. The Morgan fingerprint density at radius 3 is 2.88 bits per heavy atom. The SMILES string of the molecule is Cc1cc(C(=O)NCC2(O)CCCC2)on1. The Bertz CT molecular complexity index is 380. The van der Waals surface area contributed by atoms with Crippen LogP contribution in [0.1, 0.15) is 41.9 Å². The molecule has 1 aromatic rings. The Labute approximate surface area is 93.8 Å². The Kier molecular flexibility index (Phi) is 2.96. The second kappa shape index (κ2) is 4.25. The van der Waals surface area contributed by atoms with Crippen LogP contribution in [0.5, 0.6) is 0 Å². The van der Waals surface area contributed by atoms with Gasteiger partial charge in [0, 0.05) is 12.6 Å². The number of aliphatic hydroxyl groups is 1. The van der Waals surface area contributed by atoms with Crippen LogP contribution in [-0.4, -0.2) is 28.3 Å². The van der Waals surface area contributed by atoms with Crippen molar-refractivity contribution in [3.8, 4) is 0 Å². The molecule has 5 nitrogen and oxygen atoms in total. The average molecular weight is 224 g/mol. The molecule has 88 valence electrons. The van der Waals surface area contributed by atoms with Crippen molar-refractivity contribution in [1.29, 1.82) is 0 Å². The molecule has 2 N–H and O–H groups in total. The topological polar surface area (TPSA) is 75.4 Å². The molecule has 1 aromatic heterocycles. The van der Waals surface area contributed by atoms with E-state index in [1.165, 1.54) is 0 Å². The first kappa shape index (κ1) is 11.1. The van der Waals surface area contributed by atoms with Gasteiger partial charge in [0.2, 0.25) is 5.76 Å². The van der Waals surface area contributed by atoms with E-state index in [1.54, 1.807) is 13.0 Å². The molecule has 1 aliphatic rings. The smallest absolute Gasteiger partial charge is 0.290 e. The molecule has 0 aromatic carbocycles. The largest absolute Gasteiger partial charge is 0.388 e. The monoisotopic (exact) mass is 224 g/mol. The first-order valence-corrected chi connectivity index (χ1v) is 5.53. The van der Waals surface area contributed by atoms with Crippen LogP contribution >= 0.6 is 0 Å². The summed E-state index contributed by atoms with van der Waals surface area (Å²) in [7, 11) is 0. The molecule has 0 spiro atoms. The van der Waals surface area contributed by atoms with Gasteiger partial charge in [-0.1, -0.05) is 18.0 Å². The molecule has 1 heterocycles. The van der Waals surface area contributed by atoms with Gasteiger partial charge in [0.05, 0.1) is 11.3 Å². The molecular weight excluding hydrogens is 208 g/mol. The first-order chi connectivity index (χ1) is 7.59. The van der Waals surface area contributed by atoms with Crippen LogP contribution < -0.4 is 5.32 Å². The lowest BCUT2D eigenvalue weighted by atomic mass is 10.0. The number of nitrogens with one attached hydrogen (secondary N) is 1. The van der Waals surface area contributed by atoms with Gasteiger partial charge in [0.25, 0.3) is 5.91 Å². The van der Waals surface area contributed by atoms with Gasteiger partial charge in [-0.3, -0.25) is 4.79 Å². The fourth-order valence-electron chi connectivity index (χ4n) is 2.01. The van der Waals surface area contributed by atoms with Crippen LogP contribution in [-0.2, 0) is 0 Å². The molecular formula is C11H16N2O3. The molecule has 0 unspecified atom stereocenters. The summed E-state index contributed by atoms with van der Waals surface area (Å²) in [5, 5.41) is 16.3. The van der Waals surface area contributed by atoms with Crippen molar-refractivity contribution in [2.45, 2.75) is 38.2 Å². The second-order valence-corrected chi connectivity index (χ2v) is 4.45. The molecule has 1 aliphatic carbocycles. The van der Waals surface area contributed by atoms with Crippen molar-refractivity contribution < 1.29 is 14.4 Å². The highest BCUT2D eigenvalue weighted by molar-refractivity contribution is 5.91. The maximum absolute atomic E-state index is 11.6. The summed E-state index contributed by atoms with van der Waals surface area (Å²) in [4.78, 5) is 11.6. The Morgan fingerprint density at radius 2 is 2.31 bits per heavy atom. The lowest BCUT2D eigenvalue weighted by Crippen LogP contribution is -2.40. The predicted molar refractivity (Wildman–Crippen MR) is 57.0 cm³/mol. The molecule has 2 rings (SSSR count). The van der Waals surface area contributed by atoms with E-state index in [0.717, 1.165) is 25.7 Å². The number of amides is 1. The molecule has 0 bridgehead atoms. The summed E-state index contributed by atoms with van der Waals surface area (Å²) >= 11 is 0. The summed E-state index contributed by atoms with van der Waals surface area (Å²) in [6.45, 7) is 2.04. The Morgan fingerprint density at radius 1 is 1.62 bits per heavy atom. The summed E-state index contributed by atoms with van der Waals surface area (Å²) in [5.74, 6) is -0.125. The molecule has 1 amide bonds. The fourth-order valence-corrected chi connectivity index (χ4v) is 2.01. The van der Waals surface area contributed by atoms with E-state index in [4.69, 9.17) is 4.52 Å². The quantitative estimate of drug-likeness (QED) is 0.803. The highest BCUT2D eigenvalue weighted by Crippen LogP contribution is 2.28. The lowest BCUT2D eigenvalue weighted by Gasteiger charge is -2.21. The first-order valence-electron chi connectivity index (χ1n) is 5.53. The van der Waals surface area contributed by atoms with Crippen LogP contribution in [0.15, 0.2) is 10.6 Å². The van der Waals surface area contributed by atoms with Crippen LogP contribution in [0.3, 0.4) is 0 Å². The number of carbonyl (C=O) groups is 1. The molecule has 5 heteroatoms. The van der Waals surface area contributed by atoms with Crippen LogP contribution in [0.4, 0.5) is 0 Å². The van der Waals surface area contributed by atoms with Crippen LogP contribution in [0.2, 0.25) is 0 Å². The van der Waals surface area contributed by atoms with Crippen molar-refractivity contribution >= 4 is 5.91 Å². The number of rotatable bonds is 3. The third-order valence-corrected chi connectivity index (χ3v) is 2.96. The van der Waals surface area contributed by atoms with Gasteiger partial charge in [-0.15, -0.1) is 0 Å². The zero-order valence-corrected chi connectivity index (χ0v) is 9.32. The highest BCUT2D eigenvalue weighted by atomic mass is 16.5. The van der Waals surface area contributed by atoms with E-state index < -0.39 is 5.60 Å². The average Bonchev–Trinajstić information content (AvgIpc) is 2.85. The van der Waals surface area contributed by atoms with E-state index in [9.17, 15) is 9.90 Å². The number of aryl methyl sites for hydroxylation is 1. The highest BCUT2D eigenvalue weighted by Gasteiger charge is 2.31. The van der Waals surface area contributed by atoms with Gasteiger partial charge in [-0.25, -0.2) is 0 Å². The number of hydrogen-bond donors (Lipinski definition) is 2. The number of hydrogen-bond acceptors (Lipinski definition) is 4. The van der Waals surface area contributed by atoms with Crippen molar-refractivity contribution in [3.63, 3.8) is 0 Å². The Balaban J connectivity index is 1.88. The van der Waals surface area contributed by atoms with Gasteiger partial charge in [0.1, 0.15) is 0 Å². The van der Waals surface area contributed by atoms with E-state index in [-0.39, 0.29) is 18.2 Å². The standard InChI is InChI=1S/C11H16N2O3/c1-8-6-9(16-13-8)10(14)12-7-11(15)4-2-3-5-11/h6,15H,2-5,7H2,1H3,(H,12,14). The molecule has 0 radical (unpaired) electrons. The minimum Gasteiger partial charge on any atom is -0.388 e. The molecule has 0 aliphatic heterocycles. The number of aromatic nitrogens is 1. The molecule has 16 heavy (non-hydrogen) atoms. The zero-order chi connectivity index (χ0) is 11.6. The normalized spacial score (nSPS) is 18.6. The predicted octanol–water partition coefficient (Wildman–Crippen LogP) is 1.02. The lowest BCUT2D eigenvalue weighted by molar-refractivity contribution is 0.0442. The molecule has 1 saturated carbocycles. The fraction of sp³-hybridized carbons (Fsp3) is 0.636. The summed E-state index contributed by atoms with van der Waals surface area (Å²) in [5.41, 5.74) is -0.0604. The van der Waals surface area contributed by atoms with Crippen LogP contribution in [0, 0.1) is 6.92 Å². The summed E-state index contributed by atoms with van der Waals surface area (Å²) in [6.07, 6.45) is 3.55. The van der Waals surface area contributed by atoms with Crippen molar-refractivity contribution in [1.82, 2.24) is 10.5 Å². The number of carbonyl (C=O) groups excluding carboxylic acids is 1. The Hall–Kier alpha value is -1.36. The van der Waals surface area contributed by atoms with Crippen molar-refractivity contribution in [3.05, 3.63) is 17.5 Å². The minimum absolute atomic E-state index is 0.194. The molecule has 0 saturated heterocycles. The van der Waals surface area contributed by atoms with E-state index in [2.05, 4.69) is 10.5 Å². The zero-order valence-electron chi connectivity index (χ0n) is 9.32. The molecule has 1 fully saturated rings. The maximum atomic E-state index is 11.6. The van der Waals surface area contributed by atoms with E-state index in [0.29, 0.717) is 5.69 Å². The number of nitrogens with zero attached hydrogens (tertiary/aromatic N) is 1. The second-order valence-electron chi connectivity index (χ2n) is 4.45. The van der Waals surface area contributed by atoms with Crippen LogP contribution in [0.25, 0.3) is 0 Å². The van der Waals surface area contributed by atoms with Gasteiger partial charge in [0.15, 0.2) is 0 Å². The third kappa shape index (κ3) is 2.41.